The second kappa shape index (κ2) is 11.5. The van der Waals surface area contributed by atoms with Gasteiger partial charge < -0.3 is 15.3 Å². The first-order valence-electron chi connectivity index (χ1n) is 9.61. The van der Waals surface area contributed by atoms with E-state index in [1.54, 1.807) is 11.8 Å². The van der Waals surface area contributed by atoms with Crippen LogP contribution in [0.15, 0.2) is 6.20 Å². The van der Waals surface area contributed by atoms with Gasteiger partial charge in [-0.25, -0.2) is 9.48 Å². The number of aliphatic carboxylic acids is 1. The Balaban J connectivity index is 0.000000396. The van der Waals surface area contributed by atoms with Gasteiger partial charge in [-0.15, -0.1) is 5.10 Å². The van der Waals surface area contributed by atoms with Gasteiger partial charge in [0.05, 0.1) is 23.7 Å². The summed E-state index contributed by atoms with van der Waals surface area (Å²) in [6.07, 6.45) is 0.916. The van der Waals surface area contributed by atoms with E-state index in [1.165, 1.54) is 0 Å². The number of carbonyl (C=O) groups is 2. The molecule has 2 N–H and O–H groups in total. The molecule has 30 heavy (non-hydrogen) atoms. The SMILES string of the molecule is CSCC(=O)N1CCC(n2cc(CN3CCNCC3)nn2)CC1.O=C(O)C(F)(F)F. The number of alkyl halides is 3. The van der Waals surface area contributed by atoms with Gasteiger partial charge in [-0.05, 0) is 19.1 Å². The molecule has 1 aromatic rings. The average Bonchev–Trinajstić information content (AvgIpc) is 3.17. The number of piperidine rings is 1. The maximum atomic E-state index is 11.9. The minimum atomic E-state index is -5.08. The van der Waals surface area contributed by atoms with Gasteiger partial charge in [-0.1, -0.05) is 5.21 Å². The van der Waals surface area contributed by atoms with E-state index in [1.807, 2.05) is 15.8 Å². The number of thioether (sulfide) groups is 1. The molecule has 9 nitrogen and oxygen atoms in total. The van der Waals surface area contributed by atoms with Crippen molar-refractivity contribution >= 4 is 23.6 Å². The second-order valence-electron chi connectivity index (χ2n) is 7.06. The van der Waals surface area contributed by atoms with Crippen LogP contribution >= 0.6 is 11.8 Å². The Labute approximate surface area is 177 Å². The number of nitrogens with one attached hydrogen (secondary N) is 1. The van der Waals surface area contributed by atoms with Crippen molar-refractivity contribution in [1.82, 2.24) is 30.1 Å². The smallest absolute Gasteiger partial charge is 0.475 e. The van der Waals surface area contributed by atoms with Gasteiger partial charge in [0.1, 0.15) is 0 Å². The van der Waals surface area contributed by atoms with Crippen molar-refractivity contribution in [2.24, 2.45) is 0 Å². The maximum absolute atomic E-state index is 11.9. The molecule has 1 amide bonds. The summed E-state index contributed by atoms with van der Waals surface area (Å²) in [4.78, 5) is 25.2. The number of carbonyl (C=O) groups excluding carboxylic acids is 1. The van der Waals surface area contributed by atoms with E-state index in [2.05, 4.69) is 26.7 Å². The molecule has 0 aliphatic carbocycles. The summed E-state index contributed by atoms with van der Waals surface area (Å²) in [5.74, 6) is -1.91. The summed E-state index contributed by atoms with van der Waals surface area (Å²) in [6, 6.07) is 0.373. The van der Waals surface area contributed by atoms with E-state index in [0.717, 1.165) is 64.3 Å². The van der Waals surface area contributed by atoms with Crippen LogP contribution in [-0.4, -0.2) is 99.2 Å². The van der Waals surface area contributed by atoms with E-state index >= 15 is 0 Å². The van der Waals surface area contributed by atoms with Gasteiger partial charge in [0.2, 0.25) is 5.91 Å². The van der Waals surface area contributed by atoms with E-state index in [0.29, 0.717) is 11.8 Å². The molecule has 0 radical (unpaired) electrons. The first-order chi connectivity index (χ1) is 14.2. The Hall–Kier alpha value is -1.86. The zero-order valence-corrected chi connectivity index (χ0v) is 17.6. The van der Waals surface area contributed by atoms with Crippen LogP contribution in [0.4, 0.5) is 13.2 Å². The lowest BCUT2D eigenvalue weighted by atomic mass is 10.1. The van der Waals surface area contributed by atoms with Gasteiger partial charge >= 0.3 is 12.1 Å². The fraction of sp³-hybridized carbons (Fsp3) is 0.765. The Kier molecular flexibility index (Phi) is 9.37. The first-order valence-corrected chi connectivity index (χ1v) is 11.0. The van der Waals surface area contributed by atoms with Gasteiger partial charge in [0.25, 0.3) is 0 Å². The van der Waals surface area contributed by atoms with Crippen molar-refractivity contribution in [2.75, 3.05) is 51.3 Å². The van der Waals surface area contributed by atoms with E-state index in [-0.39, 0.29) is 5.91 Å². The highest BCUT2D eigenvalue weighted by molar-refractivity contribution is 7.99. The molecular formula is C17H27F3N6O3S. The number of amides is 1. The van der Waals surface area contributed by atoms with E-state index in [9.17, 15) is 18.0 Å². The van der Waals surface area contributed by atoms with Gasteiger partial charge in [0, 0.05) is 45.8 Å². The summed E-state index contributed by atoms with van der Waals surface area (Å²) in [6.45, 7) is 6.79. The molecule has 2 aliphatic heterocycles. The molecule has 0 unspecified atom stereocenters. The standard InChI is InChI=1S/C15H26N6OS.C2HF3O2/c1-23-12-15(22)20-6-2-14(3-7-20)21-11-13(17-18-21)10-19-8-4-16-5-9-19;3-2(4,5)1(6)7/h11,14,16H,2-10,12H2,1H3;(H,6,7). The summed E-state index contributed by atoms with van der Waals surface area (Å²) >= 11 is 1.59. The number of nitrogens with zero attached hydrogens (tertiary/aromatic N) is 5. The second-order valence-corrected chi connectivity index (χ2v) is 7.93. The number of hydrogen-bond acceptors (Lipinski definition) is 7. The molecule has 0 atom stereocenters. The molecule has 0 spiro atoms. The number of halogens is 3. The molecule has 2 fully saturated rings. The summed E-state index contributed by atoms with van der Waals surface area (Å²) in [5.41, 5.74) is 1.05. The number of rotatable bonds is 5. The molecule has 170 valence electrons. The van der Waals surface area contributed by atoms with Crippen LogP contribution in [0.25, 0.3) is 0 Å². The number of carboxylic acids is 1. The van der Waals surface area contributed by atoms with Crippen LogP contribution in [0.5, 0.6) is 0 Å². The third-order valence-corrected chi connectivity index (χ3v) is 5.39. The van der Waals surface area contributed by atoms with Crippen LogP contribution in [0, 0.1) is 0 Å². The zero-order chi connectivity index (χ0) is 22.1. The van der Waals surface area contributed by atoms with Gasteiger partial charge in [-0.3, -0.25) is 9.69 Å². The molecule has 13 heteroatoms. The molecule has 0 bridgehead atoms. The summed E-state index contributed by atoms with van der Waals surface area (Å²) < 4.78 is 33.7. The fourth-order valence-corrected chi connectivity index (χ4v) is 3.69. The molecule has 2 aliphatic rings. The van der Waals surface area contributed by atoms with Crippen LogP contribution in [0.1, 0.15) is 24.6 Å². The quantitative estimate of drug-likeness (QED) is 0.678. The van der Waals surface area contributed by atoms with Crippen LogP contribution in [0.3, 0.4) is 0 Å². The number of aromatic nitrogens is 3. The Morgan fingerprint density at radius 2 is 1.83 bits per heavy atom. The van der Waals surface area contributed by atoms with Crippen molar-refractivity contribution in [1.29, 1.82) is 0 Å². The largest absolute Gasteiger partial charge is 0.490 e. The maximum Gasteiger partial charge on any atom is 0.490 e. The highest BCUT2D eigenvalue weighted by Gasteiger charge is 2.38. The lowest BCUT2D eigenvalue weighted by molar-refractivity contribution is -0.192. The van der Waals surface area contributed by atoms with Gasteiger partial charge in [-0.2, -0.15) is 24.9 Å². The molecule has 0 aromatic carbocycles. The van der Waals surface area contributed by atoms with Crippen molar-refractivity contribution in [3.05, 3.63) is 11.9 Å². The first kappa shape index (κ1) is 24.4. The molecule has 3 rings (SSSR count). The van der Waals surface area contributed by atoms with Crippen molar-refractivity contribution in [3.8, 4) is 0 Å². The number of hydrogen-bond donors (Lipinski definition) is 2. The Bertz CT molecular complexity index is 689. The topological polar surface area (TPSA) is 104 Å². The fourth-order valence-electron chi connectivity index (χ4n) is 3.26. The minimum Gasteiger partial charge on any atom is -0.475 e. The lowest BCUT2D eigenvalue weighted by Crippen LogP contribution is -2.42. The van der Waals surface area contributed by atoms with Gasteiger partial charge in [0.15, 0.2) is 0 Å². The normalized spacial score (nSPS) is 18.6. The average molecular weight is 453 g/mol. The predicted molar refractivity (Wildman–Crippen MR) is 105 cm³/mol. The molecule has 3 heterocycles. The number of carboxylic acid groups (broad SMARTS) is 1. The van der Waals surface area contributed by atoms with E-state index < -0.39 is 12.1 Å². The summed E-state index contributed by atoms with van der Waals surface area (Å²) in [7, 11) is 0. The molecule has 0 saturated carbocycles. The minimum absolute atomic E-state index is 0.258. The predicted octanol–water partition coefficient (Wildman–Crippen LogP) is 0.843. The molecule has 2 saturated heterocycles. The Morgan fingerprint density at radius 3 is 2.37 bits per heavy atom. The van der Waals surface area contributed by atoms with E-state index in [4.69, 9.17) is 9.90 Å². The summed E-state index contributed by atoms with van der Waals surface area (Å²) in [5, 5.41) is 19.2. The third-order valence-electron chi connectivity index (χ3n) is 4.85. The third kappa shape index (κ3) is 7.76. The van der Waals surface area contributed by atoms with Crippen LogP contribution in [0.2, 0.25) is 0 Å². The van der Waals surface area contributed by atoms with Crippen LogP contribution in [-0.2, 0) is 16.1 Å². The molecule has 1 aromatic heterocycles. The van der Waals surface area contributed by atoms with Crippen molar-refractivity contribution in [3.63, 3.8) is 0 Å². The monoisotopic (exact) mass is 452 g/mol. The highest BCUT2D eigenvalue weighted by atomic mass is 32.2. The number of likely N-dealkylation sites (tertiary alicyclic amines) is 1. The Morgan fingerprint density at radius 1 is 1.23 bits per heavy atom. The lowest BCUT2D eigenvalue weighted by Gasteiger charge is -2.31. The zero-order valence-electron chi connectivity index (χ0n) is 16.8. The van der Waals surface area contributed by atoms with Crippen molar-refractivity contribution < 1.29 is 27.9 Å². The van der Waals surface area contributed by atoms with Crippen LogP contribution < -0.4 is 5.32 Å². The highest BCUT2D eigenvalue weighted by Crippen LogP contribution is 2.22. The number of piperazine rings is 1. The van der Waals surface area contributed by atoms with Crippen molar-refractivity contribution in [2.45, 2.75) is 31.6 Å². The molecular weight excluding hydrogens is 425 g/mol.